The van der Waals surface area contributed by atoms with Crippen LogP contribution < -0.4 is 0 Å². The Kier molecular flexibility index (Phi) is 2.98. The molecule has 96 valence electrons. The molecule has 17 heavy (non-hydrogen) atoms. The maximum Gasteiger partial charge on any atom is 0.410 e. The molecule has 0 radical (unpaired) electrons. The van der Waals surface area contributed by atoms with Gasteiger partial charge in [-0.3, -0.25) is 4.90 Å². The number of carboxylic acid groups (broad SMARTS) is 1. The number of nitrogens with zero attached hydrogens (tertiary/aromatic N) is 1. The Bertz CT molecular complexity index is 444. The van der Waals surface area contributed by atoms with Crippen molar-refractivity contribution in [2.75, 3.05) is 18.9 Å². The third-order valence-corrected chi connectivity index (χ3v) is 5.38. The molecule has 2 aliphatic heterocycles. The first-order valence-electron chi connectivity index (χ1n) is 5.29. The summed E-state index contributed by atoms with van der Waals surface area (Å²) in [6.45, 7) is -0.306. The highest BCUT2D eigenvalue weighted by molar-refractivity contribution is 7.92. The van der Waals surface area contributed by atoms with Crippen LogP contribution in [0.3, 0.4) is 0 Å². The van der Waals surface area contributed by atoms with Crippen LogP contribution in [0.25, 0.3) is 0 Å². The van der Waals surface area contributed by atoms with Gasteiger partial charge in [0, 0.05) is 6.54 Å². The number of amides is 1. The molecule has 0 spiro atoms. The van der Waals surface area contributed by atoms with Gasteiger partial charge < -0.3 is 9.84 Å². The first-order chi connectivity index (χ1) is 7.92. The monoisotopic (exact) mass is 263 g/mol. The van der Waals surface area contributed by atoms with Crippen LogP contribution >= 0.6 is 0 Å². The number of aliphatic carboxylic acids is 1. The maximum absolute atomic E-state index is 11.6. The zero-order chi connectivity index (χ0) is 12.6. The molecule has 0 aromatic rings. The van der Waals surface area contributed by atoms with E-state index in [1.165, 1.54) is 0 Å². The number of carbonyl (C=O) groups is 2. The van der Waals surface area contributed by atoms with E-state index in [4.69, 9.17) is 5.11 Å². The van der Waals surface area contributed by atoms with E-state index in [1.54, 1.807) is 0 Å². The normalized spacial score (nSPS) is 31.5. The van der Waals surface area contributed by atoms with Gasteiger partial charge in [-0.2, -0.15) is 0 Å². The minimum absolute atomic E-state index is 0.0852. The Labute approximate surface area is 98.3 Å². The van der Waals surface area contributed by atoms with Crippen molar-refractivity contribution in [3.8, 4) is 0 Å². The van der Waals surface area contributed by atoms with Gasteiger partial charge in [0.25, 0.3) is 0 Å². The van der Waals surface area contributed by atoms with E-state index in [9.17, 15) is 18.0 Å². The van der Waals surface area contributed by atoms with Gasteiger partial charge in [-0.05, 0) is 12.8 Å². The summed E-state index contributed by atoms with van der Waals surface area (Å²) in [5.41, 5.74) is 0. The summed E-state index contributed by atoms with van der Waals surface area (Å²) in [5.74, 6) is -1.07. The Morgan fingerprint density at radius 3 is 2.76 bits per heavy atom. The summed E-state index contributed by atoms with van der Waals surface area (Å²) in [4.78, 5) is 23.2. The standard InChI is InChI=1S/C9H13NO6S/c11-8(12)7-5-16-9(13)10(7)4-6-2-1-3-17(6,14)15/h6-7H,1-5H2,(H,11,12). The number of cyclic esters (lactones) is 1. The van der Waals surface area contributed by atoms with Crippen LogP contribution in [0, 0.1) is 0 Å². The predicted octanol–water partition coefficient (Wildman–Crippen LogP) is -0.531. The van der Waals surface area contributed by atoms with Crippen LogP contribution in [0.2, 0.25) is 0 Å². The molecule has 0 aromatic heterocycles. The Balaban J connectivity index is 2.11. The molecule has 2 rings (SSSR count). The number of rotatable bonds is 3. The zero-order valence-corrected chi connectivity index (χ0v) is 9.85. The number of carboxylic acids is 1. The van der Waals surface area contributed by atoms with Gasteiger partial charge in [0.15, 0.2) is 15.9 Å². The largest absolute Gasteiger partial charge is 0.480 e. The van der Waals surface area contributed by atoms with E-state index in [0.717, 1.165) is 4.90 Å². The molecule has 0 saturated carbocycles. The number of hydrogen-bond acceptors (Lipinski definition) is 5. The SMILES string of the molecule is O=C(O)C1COC(=O)N1CC1CCCS1(=O)=O. The van der Waals surface area contributed by atoms with Crippen molar-refractivity contribution in [1.29, 1.82) is 0 Å². The van der Waals surface area contributed by atoms with E-state index >= 15 is 0 Å². The molecule has 7 nitrogen and oxygen atoms in total. The summed E-state index contributed by atoms with van der Waals surface area (Å²) in [5, 5.41) is 8.22. The molecule has 0 bridgehead atoms. The fourth-order valence-electron chi connectivity index (χ4n) is 2.14. The van der Waals surface area contributed by atoms with Crippen LogP contribution in [-0.2, 0) is 19.4 Å². The molecule has 8 heteroatoms. The lowest BCUT2D eigenvalue weighted by Gasteiger charge is -2.21. The van der Waals surface area contributed by atoms with Crippen molar-refractivity contribution in [3.63, 3.8) is 0 Å². The molecule has 1 N–H and O–H groups in total. The van der Waals surface area contributed by atoms with Crippen molar-refractivity contribution in [1.82, 2.24) is 4.90 Å². The Morgan fingerprint density at radius 2 is 2.24 bits per heavy atom. The third-order valence-electron chi connectivity index (χ3n) is 3.12. The summed E-state index contributed by atoms with van der Waals surface area (Å²) < 4.78 is 27.8. The molecule has 0 aliphatic carbocycles. The van der Waals surface area contributed by atoms with Gasteiger partial charge in [0.05, 0.1) is 11.0 Å². The smallest absolute Gasteiger partial charge is 0.410 e. The molecule has 2 heterocycles. The van der Waals surface area contributed by atoms with E-state index in [1.807, 2.05) is 0 Å². The maximum atomic E-state index is 11.6. The van der Waals surface area contributed by atoms with Gasteiger partial charge >= 0.3 is 12.1 Å². The topological polar surface area (TPSA) is 101 Å². The fourth-order valence-corrected chi connectivity index (χ4v) is 3.96. The Hall–Kier alpha value is -1.31. The van der Waals surface area contributed by atoms with Crippen LogP contribution in [0.1, 0.15) is 12.8 Å². The molecule has 1 amide bonds. The van der Waals surface area contributed by atoms with E-state index in [0.29, 0.717) is 12.8 Å². The second-order valence-electron chi connectivity index (χ2n) is 4.21. The van der Waals surface area contributed by atoms with Crippen molar-refractivity contribution < 1.29 is 27.9 Å². The molecule has 2 unspecified atom stereocenters. The van der Waals surface area contributed by atoms with Crippen molar-refractivity contribution in [3.05, 3.63) is 0 Å². The quantitative estimate of drug-likeness (QED) is 0.734. The van der Waals surface area contributed by atoms with Gasteiger partial charge in [0.1, 0.15) is 6.61 Å². The summed E-state index contributed by atoms with van der Waals surface area (Å²) in [6, 6.07) is -1.07. The van der Waals surface area contributed by atoms with Gasteiger partial charge in [-0.15, -0.1) is 0 Å². The lowest BCUT2D eigenvalue weighted by molar-refractivity contribution is -0.141. The van der Waals surface area contributed by atoms with Gasteiger partial charge in [-0.25, -0.2) is 18.0 Å². The average Bonchev–Trinajstić information content (AvgIpc) is 2.73. The molecule has 2 aliphatic rings. The van der Waals surface area contributed by atoms with Gasteiger partial charge in [0.2, 0.25) is 0 Å². The lowest BCUT2D eigenvalue weighted by atomic mass is 10.2. The fraction of sp³-hybridized carbons (Fsp3) is 0.778. The highest BCUT2D eigenvalue weighted by Gasteiger charge is 2.42. The van der Waals surface area contributed by atoms with Crippen molar-refractivity contribution in [2.24, 2.45) is 0 Å². The number of ether oxygens (including phenoxy) is 1. The minimum Gasteiger partial charge on any atom is -0.480 e. The zero-order valence-electron chi connectivity index (χ0n) is 9.03. The molecule has 0 aromatic carbocycles. The molecule has 2 saturated heterocycles. The molecule has 2 atom stereocenters. The third kappa shape index (κ3) is 2.21. The van der Waals surface area contributed by atoms with E-state index in [-0.39, 0.29) is 18.9 Å². The summed E-state index contributed by atoms with van der Waals surface area (Å²) in [7, 11) is -3.19. The van der Waals surface area contributed by atoms with Crippen LogP contribution in [0.15, 0.2) is 0 Å². The average molecular weight is 263 g/mol. The molecule has 2 fully saturated rings. The molecular formula is C9H13NO6S. The minimum atomic E-state index is -3.19. The number of sulfone groups is 1. The molecular weight excluding hydrogens is 250 g/mol. The highest BCUT2D eigenvalue weighted by atomic mass is 32.2. The Morgan fingerprint density at radius 1 is 1.53 bits per heavy atom. The predicted molar refractivity (Wildman–Crippen MR) is 56.3 cm³/mol. The second-order valence-corrected chi connectivity index (χ2v) is 6.62. The number of hydrogen-bond donors (Lipinski definition) is 1. The second kappa shape index (κ2) is 4.17. The van der Waals surface area contributed by atoms with Crippen LogP contribution in [0.4, 0.5) is 4.79 Å². The van der Waals surface area contributed by atoms with Gasteiger partial charge in [-0.1, -0.05) is 0 Å². The first-order valence-corrected chi connectivity index (χ1v) is 7.01. The van der Waals surface area contributed by atoms with Crippen LogP contribution in [0.5, 0.6) is 0 Å². The van der Waals surface area contributed by atoms with Crippen LogP contribution in [-0.4, -0.2) is 60.7 Å². The summed E-state index contributed by atoms with van der Waals surface area (Å²) >= 11 is 0. The number of carbonyl (C=O) groups excluding carboxylic acids is 1. The first kappa shape index (κ1) is 12.2. The van der Waals surface area contributed by atoms with Crippen molar-refractivity contribution in [2.45, 2.75) is 24.1 Å². The highest BCUT2D eigenvalue weighted by Crippen LogP contribution is 2.23. The summed E-state index contributed by atoms with van der Waals surface area (Å²) in [6.07, 6.45) is 0.283. The van der Waals surface area contributed by atoms with Crippen molar-refractivity contribution >= 4 is 21.9 Å². The van der Waals surface area contributed by atoms with E-state index < -0.39 is 33.2 Å². The van der Waals surface area contributed by atoms with E-state index in [2.05, 4.69) is 4.74 Å². The lowest BCUT2D eigenvalue weighted by Crippen LogP contribution is -2.44.